The zero-order valence-electron chi connectivity index (χ0n) is 46.8. The van der Waals surface area contributed by atoms with Crippen molar-refractivity contribution >= 4 is 33.2 Å². The minimum Gasteiger partial charge on any atom is -0.456 e. The lowest BCUT2D eigenvalue weighted by molar-refractivity contribution is 0.481. The van der Waals surface area contributed by atoms with E-state index in [1.807, 2.05) is 24.4 Å². The van der Waals surface area contributed by atoms with Gasteiger partial charge < -0.3 is 14.5 Å². The summed E-state index contributed by atoms with van der Waals surface area (Å²) in [5.41, 5.74) is 12.9. The van der Waals surface area contributed by atoms with Crippen molar-refractivity contribution in [3.63, 3.8) is 0 Å². The molecule has 4 heterocycles. The molecule has 6 aromatic carbocycles. The number of fused-ring (bicyclic) bond motifs is 3. The first-order valence-corrected chi connectivity index (χ1v) is 26.5. The average molecular weight is 992 g/mol. The third-order valence-corrected chi connectivity index (χ3v) is 14.4. The molecule has 75 heavy (non-hydrogen) atoms. The number of para-hydroxylation sites is 1. The number of ether oxygens (including phenoxy) is 1. The fourth-order valence-corrected chi connectivity index (χ4v) is 9.88. The van der Waals surface area contributed by atoms with Gasteiger partial charge in [0.05, 0.1) is 29.0 Å². The first kappa shape index (κ1) is 50.9. The Morgan fingerprint density at radius 3 is 1.53 bits per heavy atom. The number of rotatable bonds is 8. The highest BCUT2D eigenvalue weighted by atomic mass is 16.5. The molecule has 0 atom stereocenters. The number of aromatic nitrogens is 5. The predicted molar refractivity (Wildman–Crippen MR) is 314 cm³/mol. The molecule has 0 radical (unpaired) electrons. The van der Waals surface area contributed by atoms with Gasteiger partial charge in [-0.05, 0) is 86.5 Å². The molecule has 0 N–H and O–H groups in total. The maximum atomic E-state index is 7.22. The molecule has 0 unspecified atom stereocenters. The summed E-state index contributed by atoms with van der Waals surface area (Å²) in [5, 5.41) is 2.18. The molecule has 1 aliphatic rings. The fraction of sp³-hybridized carbons (Fsp3) is 0.313. The molecule has 0 spiro atoms. The fourth-order valence-electron chi connectivity index (χ4n) is 9.88. The molecule has 0 saturated heterocycles. The van der Waals surface area contributed by atoms with Crippen LogP contribution in [0.1, 0.15) is 132 Å². The summed E-state index contributed by atoms with van der Waals surface area (Å²) in [7, 11) is 0. The monoisotopic (exact) mass is 992 g/mol. The van der Waals surface area contributed by atoms with Crippen molar-refractivity contribution in [2.45, 2.75) is 131 Å². The van der Waals surface area contributed by atoms with Crippen molar-refractivity contribution in [3.05, 3.63) is 186 Å². The molecule has 0 bridgehead atoms. The van der Waals surface area contributed by atoms with Crippen LogP contribution in [0, 0.1) is 0 Å². The van der Waals surface area contributed by atoms with E-state index < -0.39 is 0 Å². The van der Waals surface area contributed by atoms with Crippen LogP contribution in [0.5, 0.6) is 11.5 Å². The Bertz CT molecular complexity index is 3500. The van der Waals surface area contributed by atoms with Gasteiger partial charge in [0.1, 0.15) is 29.0 Å². The van der Waals surface area contributed by atoms with E-state index in [9.17, 15) is 0 Å². The normalized spacial score (nSPS) is 13.6. The molecule has 1 aliphatic heterocycles. The minimum atomic E-state index is -0.333. The largest absolute Gasteiger partial charge is 0.456 e. The van der Waals surface area contributed by atoms with E-state index >= 15 is 0 Å². The summed E-state index contributed by atoms with van der Waals surface area (Å²) < 4.78 is 9.46. The first-order chi connectivity index (χ1) is 35.3. The van der Waals surface area contributed by atoms with Crippen LogP contribution in [-0.2, 0) is 27.1 Å². The molecule has 8 nitrogen and oxygen atoms in total. The lowest BCUT2D eigenvalue weighted by Crippen LogP contribution is -2.25. The Morgan fingerprint density at radius 2 is 0.987 bits per heavy atom. The molecular weight excluding hydrogens is 919 g/mol. The molecule has 10 rings (SSSR count). The molecule has 0 amide bonds. The van der Waals surface area contributed by atoms with Gasteiger partial charge in [0.25, 0.3) is 0 Å². The van der Waals surface area contributed by atoms with Gasteiger partial charge in [0.15, 0.2) is 5.82 Å². The highest BCUT2D eigenvalue weighted by Crippen LogP contribution is 2.45. The number of hydrogen-bond acceptors (Lipinski definition) is 7. The predicted octanol–water partition coefficient (Wildman–Crippen LogP) is 17.4. The molecule has 0 aliphatic carbocycles. The van der Waals surface area contributed by atoms with Gasteiger partial charge in [-0.15, -0.1) is 0 Å². The van der Waals surface area contributed by atoms with Crippen LogP contribution >= 0.6 is 0 Å². The van der Waals surface area contributed by atoms with Crippen molar-refractivity contribution in [2.24, 2.45) is 0 Å². The Kier molecular flexibility index (Phi) is 12.7. The number of anilines is 2. The highest BCUT2D eigenvalue weighted by molar-refractivity contribution is 6.11. The third kappa shape index (κ3) is 10.2. The van der Waals surface area contributed by atoms with E-state index in [1.165, 1.54) is 38.9 Å². The molecule has 8 heteroatoms. The standard InChI is InChI=1S/C67H73N7O/c1-63(2,3)45-29-25-43(26-30-45)50-22-19-23-51(44-27-31-46(32-28-44)64(4,5)6)59(50)73-37-36-72(42-73)48-20-18-21-49(39-48)75-57-41-56-53(40-54(57)60-69-61(66(10,11)12)71-62(70-60)67(13,14)15)52-38-47(65(7,8)9)33-34-55(52)74(56)58-24-16-17-35-68-58/h16-41H,42H2,1-15H3. The Hall–Kier alpha value is -7.58. The van der Waals surface area contributed by atoms with E-state index in [1.54, 1.807) is 0 Å². The first-order valence-electron chi connectivity index (χ1n) is 26.5. The van der Waals surface area contributed by atoms with Crippen LogP contribution in [0.2, 0.25) is 0 Å². The maximum absolute atomic E-state index is 7.22. The summed E-state index contributed by atoms with van der Waals surface area (Å²) in [5.74, 6) is 4.19. The van der Waals surface area contributed by atoms with Crippen molar-refractivity contribution < 1.29 is 4.74 Å². The highest BCUT2D eigenvalue weighted by Gasteiger charge is 2.29. The SMILES string of the molecule is CC(C)(C)c1ccc(-c2cccc(-c3ccc(C(C)(C)C)cc3)c2N2C=CN(c3cccc(Oc4cc5c(cc4-c4nc(C(C)(C)C)nc(C(C)(C)C)n4)c4cc(C(C)(C)C)ccc4n5-c4ccccn4)c3)C2)cc1. The lowest BCUT2D eigenvalue weighted by Gasteiger charge is -2.27. The van der Waals surface area contributed by atoms with Gasteiger partial charge in [-0.25, -0.2) is 19.9 Å². The molecule has 382 valence electrons. The Morgan fingerprint density at radius 1 is 0.440 bits per heavy atom. The van der Waals surface area contributed by atoms with Crippen LogP contribution < -0.4 is 14.5 Å². The smallest absolute Gasteiger partial charge is 0.167 e. The van der Waals surface area contributed by atoms with E-state index in [0.717, 1.165) is 56.2 Å². The van der Waals surface area contributed by atoms with E-state index in [0.29, 0.717) is 24.0 Å². The van der Waals surface area contributed by atoms with E-state index in [4.69, 9.17) is 24.7 Å². The maximum Gasteiger partial charge on any atom is 0.167 e. The molecule has 9 aromatic rings. The zero-order valence-corrected chi connectivity index (χ0v) is 46.8. The van der Waals surface area contributed by atoms with Gasteiger partial charge in [0, 0.05) is 69.1 Å². The minimum absolute atomic E-state index is 0.0528. The van der Waals surface area contributed by atoms with Crippen molar-refractivity contribution in [1.29, 1.82) is 0 Å². The molecule has 3 aromatic heterocycles. The van der Waals surface area contributed by atoms with Gasteiger partial charge in [-0.2, -0.15) is 0 Å². The summed E-state index contributed by atoms with van der Waals surface area (Å²) in [6, 6.07) is 50.5. The average Bonchev–Trinajstić information content (AvgIpc) is 3.98. The van der Waals surface area contributed by atoms with Gasteiger partial charge in [-0.1, -0.05) is 189 Å². The van der Waals surface area contributed by atoms with Crippen LogP contribution in [-0.4, -0.2) is 31.2 Å². The molecule has 0 fully saturated rings. The van der Waals surface area contributed by atoms with Crippen LogP contribution in [0.15, 0.2) is 158 Å². The number of nitrogens with zero attached hydrogens (tertiary/aromatic N) is 7. The Labute approximate surface area is 445 Å². The number of benzene rings is 6. The number of hydrogen-bond donors (Lipinski definition) is 0. The number of pyridine rings is 1. The summed E-state index contributed by atoms with van der Waals surface area (Å²) in [4.78, 5) is 25.1. The summed E-state index contributed by atoms with van der Waals surface area (Å²) in [6.07, 6.45) is 6.23. The molecular formula is C67H73N7O. The quantitative estimate of drug-likeness (QED) is 0.150. The molecule has 0 saturated carbocycles. The van der Waals surface area contributed by atoms with E-state index in [2.05, 4.69) is 252 Å². The second-order valence-corrected chi connectivity index (χ2v) is 25.5. The van der Waals surface area contributed by atoms with Crippen LogP contribution in [0.25, 0.3) is 61.3 Å². The van der Waals surface area contributed by atoms with Crippen molar-refractivity contribution in [1.82, 2.24) is 24.5 Å². The van der Waals surface area contributed by atoms with Crippen LogP contribution in [0.3, 0.4) is 0 Å². The van der Waals surface area contributed by atoms with Crippen molar-refractivity contribution in [3.8, 4) is 51.0 Å². The van der Waals surface area contributed by atoms with E-state index in [-0.39, 0.29) is 27.1 Å². The summed E-state index contributed by atoms with van der Waals surface area (Å²) in [6.45, 7) is 33.9. The summed E-state index contributed by atoms with van der Waals surface area (Å²) >= 11 is 0. The zero-order chi connectivity index (χ0) is 53.4. The second-order valence-electron chi connectivity index (χ2n) is 25.5. The lowest BCUT2D eigenvalue weighted by atomic mass is 9.85. The topological polar surface area (TPSA) is 72.2 Å². The second kappa shape index (κ2) is 18.7. The van der Waals surface area contributed by atoms with Crippen LogP contribution in [0.4, 0.5) is 11.4 Å². The third-order valence-electron chi connectivity index (χ3n) is 14.4. The van der Waals surface area contributed by atoms with Gasteiger partial charge >= 0.3 is 0 Å². The van der Waals surface area contributed by atoms with Gasteiger partial charge in [-0.3, -0.25) is 4.57 Å². The van der Waals surface area contributed by atoms with Crippen molar-refractivity contribution in [2.75, 3.05) is 16.5 Å². The van der Waals surface area contributed by atoms with Gasteiger partial charge in [0.2, 0.25) is 0 Å². The Balaban J connectivity index is 1.09.